The molecule has 0 heterocycles. The molecule has 0 saturated heterocycles. The van der Waals surface area contributed by atoms with E-state index in [9.17, 15) is 13.2 Å². The van der Waals surface area contributed by atoms with Crippen LogP contribution in [0.25, 0.3) is 10.8 Å². The number of esters is 1. The minimum absolute atomic E-state index is 0.131. The molecule has 140 valence electrons. The third kappa shape index (κ3) is 3.66. The molecule has 3 aromatic rings. The normalized spacial score (nSPS) is 11.4. The number of carbonyl (C=O) groups excluding carboxylic acids is 1. The molecule has 0 N–H and O–H groups in total. The predicted octanol–water partition coefficient (Wildman–Crippen LogP) is 3.82. The molecule has 0 saturated carbocycles. The quantitative estimate of drug-likeness (QED) is 0.628. The van der Waals surface area contributed by atoms with Gasteiger partial charge in [0.15, 0.2) is 0 Å². The topological polar surface area (TPSA) is 63.7 Å². The second-order valence-corrected chi connectivity index (χ2v) is 8.18. The first kappa shape index (κ1) is 18.9. The summed E-state index contributed by atoms with van der Waals surface area (Å²) in [5, 5.41) is 1.76. The summed E-state index contributed by atoms with van der Waals surface area (Å²) in [5.74, 6) is -0.625. The lowest BCUT2D eigenvalue weighted by molar-refractivity contribution is -0.138. The summed E-state index contributed by atoms with van der Waals surface area (Å²) >= 11 is 0. The number of benzene rings is 3. The number of methoxy groups -OCH3 is 1. The number of hydrogen-bond acceptors (Lipinski definition) is 4. The van der Waals surface area contributed by atoms with Crippen molar-refractivity contribution in [1.29, 1.82) is 0 Å². The molecule has 0 unspecified atom stereocenters. The van der Waals surface area contributed by atoms with Crippen LogP contribution in [0.15, 0.2) is 65.6 Å². The highest BCUT2D eigenvalue weighted by Crippen LogP contribution is 2.29. The lowest BCUT2D eigenvalue weighted by atomic mass is 10.1. The Kier molecular flexibility index (Phi) is 5.19. The molecule has 5 nitrogen and oxygen atoms in total. The van der Waals surface area contributed by atoms with Gasteiger partial charge in [0.25, 0.3) is 10.0 Å². The van der Waals surface area contributed by atoms with Gasteiger partial charge in [-0.25, -0.2) is 8.42 Å². The minimum atomic E-state index is -3.96. The molecule has 0 bridgehead atoms. The highest BCUT2D eigenvalue weighted by molar-refractivity contribution is 7.92. The van der Waals surface area contributed by atoms with Crippen LogP contribution < -0.4 is 4.31 Å². The van der Waals surface area contributed by atoms with Crippen LogP contribution in [0.3, 0.4) is 0 Å². The van der Waals surface area contributed by atoms with Crippen LogP contribution in [0, 0.1) is 13.8 Å². The molecule has 0 aromatic heterocycles. The molecule has 0 aliphatic heterocycles. The molecule has 0 spiro atoms. The van der Waals surface area contributed by atoms with Crippen molar-refractivity contribution in [2.75, 3.05) is 18.0 Å². The van der Waals surface area contributed by atoms with Crippen LogP contribution in [-0.4, -0.2) is 28.0 Å². The van der Waals surface area contributed by atoms with Gasteiger partial charge < -0.3 is 4.74 Å². The number of nitrogens with zero attached hydrogens (tertiary/aromatic N) is 1. The Labute approximate surface area is 159 Å². The van der Waals surface area contributed by atoms with E-state index in [1.165, 1.54) is 7.11 Å². The van der Waals surface area contributed by atoms with Gasteiger partial charge >= 0.3 is 5.97 Å². The maximum absolute atomic E-state index is 13.4. The Hall–Kier alpha value is -2.86. The number of sulfonamides is 1. The smallest absolute Gasteiger partial charge is 0.326 e. The van der Waals surface area contributed by atoms with Gasteiger partial charge in [-0.2, -0.15) is 0 Å². The number of anilines is 1. The van der Waals surface area contributed by atoms with Gasteiger partial charge in [-0.05, 0) is 53.9 Å². The molecule has 3 rings (SSSR count). The van der Waals surface area contributed by atoms with Gasteiger partial charge in [-0.3, -0.25) is 9.10 Å². The minimum Gasteiger partial charge on any atom is -0.468 e. The van der Waals surface area contributed by atoms with Crippen molar-refractivity contribution in [2.24, 2.45) is 0 Å². The van der Waals surface area contributed by atoms with Crippen molar-refractivity contribution < 1.29 is 17.9 Å². The van der Waals surface area contributed by atoms with E-state index in [-0.39, 0.29) is 4.90 Å². The number of carbonyl (C=O) groups is 1. The number of hydrogen-bond donors (Lipinski definition) is 0. The highest BCUT2D eigenvalue weighted by atomic mass is 32.2. The molecule has 0 aliphatic carbocycles. The van der Waals surface area contributed by atoms with Gasteiger partial charge in [0, 0.05) is 0 Å². The third-order valence-corrected chi connectivity index (χ3v) is 6.41. The zero-order valence-corrected chi connectivity index (χ0v) is 16.3. The second-order valence-electron chi connectivity index (χ2n) is 6.32. The Morgan fingerprint density at radius 2 is 1.67 bits per heavy atom. The average molecular weight is 383 g/mol. The molecular weight excluding hydrogens is 362 g/mol. The van der Waals surface area contributed by atoms with Crippen LogP contribution in [0.1, 0.15) is 11.1 Å². The first-order valence-electron chi connectivity index (χ1n) is 8.49. The van der Waals surface area contributed by atoms with E-state index in [2.05, 4.69) is 0 Å². The predicted molar refractivity (Wildman–Crippen MR) is 106 cm³/mol. The summed E-state index contributed by atoms with van der Waals surface area (Å²) in [6, 6.07) is 17.9. The summed E-state index contributed by atoms with van der Waals surface area (Å²) in [5.41, 5.74) is 2.20. The number of rotatable bonds is 5. The Morgan fingerprint density at radius 1 is 0.963 bits per heavy atom. The van der Waals surface area contributed by atoms with Crippen LogP contribution in [0.4, 0.5) is 5.69 Å². The largest absolute Gasteiger partial charge is 0.468 e. The summed E-state index contributed by atoms with van der Waals surface area (Å²) in [6.07, 6.45) is 0. The first-order chi connectivity index (χ1) is 12.8. The number of fused-ring (bicyclic) bond motifs is 1. The van der Waals surface area contributed by atoms with E-state index >= 15 is 0 Å². The van der Waals surface area contributed by atoms with Gasteiger partial charge in [0.1, 0.15) is 6.54 Å². The molecule has 0 fully saturated rings. The molecule has 3 aromatic carbocycles. The lowest BCUT2D eigenvalue weighted by Gasteiger charge is -2.25. The Morgan fingerprint density at radius 3 is 2.37 bits per heavy atom. The van der Waals surface area contributed by atoms with Gasteiger partial charge in [0.2, 0.25) is 0 Å². The van der Waals surface area contributed by atoms with E-state index < -0.39 is 22.5 Å². The Balaban J connectivity index is 2.16. The van der Waals surface area contributed by atoms with Gasteiger partial charge in [-0.1, -0.05) is 42.5 Å². The zero-order chi connectivity index (χ0) is 19.6. The lowest BCUT2D eigenvalue weighted by Crippen LogP contribution is -2.36. The fraction of sp³-hybridized carbons (Fsp3) is 0.190. The molecule has 27 heavy (non-hydrogen) atoms. The average Bonchev–Trinajstić information content (AvgIpc) is 2.67. The van der Waals surface area contributed by atoms with E-state index in [0.717, 1.165) is 26.2 Å². The number of ether oxygens (including phenoxy) is 1. The zero-order valence-electron chi connectivity index (χ0n) is 15.5. The van der Waals surface area contributed by atoms with E-state index in [0.29, 0.717) is 5.69 Å². The highest BCUT2D eigenvalue weighted by Gasteiger charge is 2.29. The van der Waals surface area contributed by atoms with Crippen molar-refractivity contribution in [3.63, 3.8) is 0 Å². The maximum atomic E-state index is 13.4. The van der Waals surface area contributed by atoms with Crippen molar-refractivity contribution in [1.82, 2.24) is 0 Å². The van der Waals surface area contributed by atoms with E-state index in [1.807, 2.05) is 44.2 Å². The SMILES string of the molecule is COC(=O)CN(c1cccc(C)c1C)S(=O)(=O)c1ccc2ccccc2c1. The summed E-state index contributed by atoms with van der Waals surface area (Å²) in [4.78, 5) is 12.1. The van der Waals surface area contributed by atoms with Crippen LogP contribution in [0.5, 0.6) is 0 Å². The van der Waals surface area contributed by atoms with Crippen molar-refractivity contribution in [3.05, 3.63) is 71.8 Å². The molecule has 0 radical (unpaired) electrons. The fourth-order valence-corrected chi connectivity index (χ4v) is 4.44. The molecular formula is C21H21NO4S. The fourth-order valence-electron chi connectivity index (χ4n) is 2.94. The third-order valence-electron chi connectivity index (χ3n) is 4.65. The van der Waals surface area contributed by atoms with E-state index in [1.54, 1.807) is 30.3 Å². The molecule has 0 amide bonds. The monoisotopic (exact) mass is 383 g/mol. The van der Waals surface area contributed by atoms with Gasteiger partial charge in [-0.15, -0.1) is 0 Å². The first-order valence-corrected chi connectivity index (χ1v) is 9.93. The van der Waals surface area contributed by atoms with Crippen LogP contribution in [-0.2, 0) is 19.6 Å². The molecule has 6 heteroatoms. The van der Waals surface area contributed by atoms with Crippen LogP contribution in [0.2, 0.25) is 0 Å². The second kappa shape index (κ2) is 7.40. The van der Waals surface area contributed by atoms with Gasteiger partial charge in [0.05, 0.1) is 17.7 Å². The van der Waals surface area contributed by atoms with Crippen molar-refractivity contribution in [3.8, 4) is 0 Å². The summed E-state index contributed by atoms with van der Waals surface area (Å²) in [7, 11) is -2.72. The van der Waals surface area contributed by atoms with Crippen molar-refractivity contribution >= 4 is 32.5 Å². The number of aryl methyl sites for hydroxylation is 1. The summed E-state index contributed by atoms with van der Waals surface area (Å²) < 4.78 is 32.7. The summed E-state index contributed by atoms with van der Waals surface area (Å²) in [6.45, 7) is 3.35. The molecule has 0 atom stereocenters. The standard InChI is InChI=1S/C21H21NO4S/c1-15-7-6-10-20(16(15)2)22(14-21(23)26-3)27(24,25)19-12-11-17-8-4-5-9-18(17)13-19/h4-13H,14H2,1-3H3. The van der Waals surface area contributed by atoms with Crippen LogP contribution >= 0.6 is 0 Å². The molecule has 0 aliphatic rings. The Bertz CT molecular complexity index is 1110. The maximum Gasteiger partial charge on any atom is 0.326 e. The van der Waals surface area contributed by atoms with Crippen molar-refractivity contribution in [2.45, 2.75) is 18.7 Å². The van der Waals surface area contributed by atoms with E-state index in [4.69, 9.17) is 4.74 Å².